The molecule has 2 N–H and O–H groups in total. The molecule has 98 valence electrons. The van der Waals surface area contributed by atoms with Gasteiger partial charge >= 0.3 is 0 Å². The van der Waals surface area contributed by atoms with Crippen LogP contribution in [-0.4, -0.2) is 29.5 Å². The molecule has 0 bridgehead atoms. The van der Waals surface area contributed by atoms with Gasteiger partial charge in [-0.25, -0.2) is 0 Å². The van der Waals surface area contributed by atoms with Gasteiger partial charge < -0.3 is 10.5 Å². The minimum Gasteiger partial charge on any atom is -0.379 e. The highest BCUT2D eigenvalue weighted by atomic mass is 16.5. The van der Waals surface area contributed by atoms with Crippen molar-refractivity contribution in [2.75, 3.05) is 13.2 Å². The van der Waals surface area contributed by atoms with E-state index in [1.54, 1.807) is 0 Å². The molecule has 1 unspecified atom stereocenters. The van der Waals surface area contributed by atoms with Crippen molar-refractivity contribution in [1.82, 2.24) is 4.98 Å². The van der Waals surface area contributed by atoms with Crippen LogP contribution >= 0.6 is 0 Å². The van der Waals surface area contributed by atoms with E-state index in [2.05, 4.69) is 4.98 Å². The molecule has 1 fully saturated rings. The zero-order valence-corrected chi connectivity index (χ0v) is 10.6. The normalized spacial score (nSPS) is 22.8. The number of hydrogen-bond acceptors (Lipinski definition) is 4. The highest BCUT2D eigenvalue weighted by molar-refractivity contribution is 5.90. The maximum Gasteiger partial charge on any atom is 0.161 e. The van der Waals surface area contributed by atoms with Crippen molar-refractivity contribution in [3.8, 4) is 0 Å². The molecule has 0 spiro atoms. The van der Waals surface area contributed by atoms with E-state index >= 15 is 0 Å². The molecule has 4 nitrogen and oxygen atoms in total. The van der Waals surface area contributed by atoms with E-state index in [0.29, 0.717) is 19.6 Å². The molecule has 1 atom stereocenters. The van der Waals surface area contributed by atoms with E-state index < -0.39 is 5.54 Å². The van der Waals surface area contributed by atoms with Crippen molar-refractivity contribution >= 4 is 16.7 Å². The summed E-state index contributed by atoms with van der Waals surface area (Å²) >= 11 is 0. The lowest BCUT2D eigenvalue weighted by atomic mass is 9.91. The largest absolute Gasteiger partial charge is 0.379 e. The lowest BCUT2D eigenvalue weighted by Gasteiger charge is -2.19. The first-order chi connectivity index (χ1) is 9.17. The zero-order valence-electron chi connectivity index (χ0n) is 10.6. The van der Waals surface area contributed by atoms with E-state index in [9.17, 15) is 4.79 Å². The monoisotopic (exact) mass is 256 g/mol. The minimum atomic E-state index is -0.826. The van der Waals surface area contributed by atoms with Crippen LogP contribution in [0.1, 0.15) is 12.1 Å². The second-order valence-electron chi connectivity index (χ2n) is 5.05. The van der Waals surface area contributed by atoms with Gasteiger partial charge in [0.15, 0.2) is 5.78 Å². The van der Waals surface area contributed by atoms with Crippen molar-refractivity contribution in [3.05, 3.63) is 42.1 Å². The third-order valence-corrected chi connectivity index (χ3v) is 3.61. The summed E-state index contributed by atoms with van der Waals surface area (Å²) in [7, 11) is 0. The number of carbonyl (C=O) groups excluding carboxylic acids is 1. The van der Waals surface area contributed by atoms with Gasteiger partial charge in [0.2, 0.25) is 0 Å². The van der Waals surface area contributed by atoms with Gasteiger partial charge in [-0.2, -0.15) is 0 Å². The van der Waals surface area contributed by atoms with Crippen LogP contribution in [0.5, 0.6) is 0 Å². The number of pyridine rings is 1. The van der Waals surface area contributed by atoms with Gasteiger partial charge in [-0.05, 0) is 18.6 Å². The highest BCUT2D eigenvalue weighted by Crippen LogP contribution is 2.19. The molecule has 19 heavy (non-hydrogen) atoms. The predicted molar refractivity (Wildman–Crippen MR) is 72.8 cm³/mol. The fourth-order valence-electron chi connectivity index (χ4n) is 2.35. The number of ketones is 1. The molecule has 2 aromatic rings. The molecule has 3 rings (SSSR count). The average molecular weight is 256 g/mol. The first-order valence-corrected chi connectivity index (χ1v) is 6.42. The van der Waals surface area contributed by atoms with Crippen molar-refractivity contribution in [2.24, 2.45) is 5.73 Å². The summed E-state index contributed by atoms with van der Waals surface area (Å²) in [5.74, 6) is 0.00720. The third kappa shape index (κ3) is 2.37. The Morgan fingerprint density at radius 3 is 2.95 bits per heavy atom. The lowest BCUT2D eigenvalue weighted by molar-refractivity contribution is -0.123. The van der Waals surface area contributed by atoms with Crippen LogP contribution in [0, 0.1) is 0 Å². The van der Waals surface area contributed by atoms with Crippen molar-refractivity contribution in [2.45, 2.75) is 18.4 Å². The van der Waals surface area contributed by atoms with E-state index in [1.165, 1.54) is 0 Å². The first kappa shape index (κ1) is 12.3. The molecular formula is C15H16N2O2. The van der Waals surface area contributed by atoms with Gasteiger partial charge in [-0.1, -0.05) is 24.3 Å². The van der Waals surface area contributed by atoms with Gasteiger partial charge in [0.1, 0.15) is 5.54 Å². The molecule has 1 aliphatic rings. The molecule has 4 heteroatoms. The summed E-state index contributed by atoms with van der Waals surface area (Å²) in [5, 5.41) is 1.07. The molecule has 0 aliphatic carbocycles. The second-order valence-corrected chi connectivity index (χ2v) is 5.05. The fourth-order valence-corrected chi connectivity index (χ4v) is 2.35. The maximum absolute atomic E-state index is 12.2. The van der Waals surface area contributed by atoms with Gasteiger partial charge in [0.25, 0.3) is 0 Å². The standard InChI is InChI=1S/C15H16N2O2/c16-15(7-8-19-10-15)14(18)9-12-6-5-11-3-1-2-4-13(11)17-12/h1-6H,7-10,16H2. The van der Waals surface area contributed by atoms with E-state index in [4.69, 9.17) is 10.5 Å². The van der Waals surface area contributed by atoms with Crippen molar-refractivity contribution in [3.63, 3.8) is 0 Å². The Bertz CT molecular complexity index is 618. The SMILES string of the molecule is NC1(C(=O)Cc2ccc3ccccc3n2)CCOC1. The third-order valence-electron chi connectivity index (χ3n) is 3.61. The Balaban J connectivity index is 1.83. The van der Waals surface area contributed by atoms with Crippen LogP contribution in [0.4, 0.5) is 0 Å². The fraction of sp³-hybridized carbons (Fsp3) is 0.333. The summed E-state index contributed by atoms with van der Waals surface area (Å²) in [6.07, 6.45) is 0.865. The number of hydrogen-bond donors (Lipinski definition) is 1. The Morgan fingerprint density at radius 1 is 1.32 bits per heavy atom. The van der Waals surface area contributed by atoms with Crippen molar-refractivity contribution < 1.29 is 9.53 Å². The van der Waals surface area contributed by atoms with Gasteiger partial charge in [-0.15, -0.1) is 0 Å². The first-order valence-electron chi connectivity index (χ1n) is 6.42. The number of nitrogens with zero attached hydrogens (tertiary/aromatic N) is 1. The molecule has 0 amide bonds. The lowest BCUT2D eigenvalue weighted by Crippen LogP contribution is -2.49. The molecule has 1 aromatic carbocycles. The van der Waals surface area contributed by atoms with Crippen LogP contribution in [0.3, 0.4) is 0 Å². The van der Waals surface area contributed by atoms with Gasteiger partial charge in [0.05, 0.1) is 18.5 Å². The number of benzene rings is 1. The minimum absolute atomic E-state index is 0.00720. The van der Waals surface area contributed by atoms with Crippen LogP contribution in [0.15, 0.2) is 36.4 Å². The van der Waals surface area contributed by atoms with Crippen LogP contribution in [-0.2, 0) is 16.0 Å². The summed E-state index contributed by atoms with van der Waals surface area (Å²) in [6, 6.07) is 11.7. The number of para-hydroxylation sites is 1. The van der Waals surface area contributed by atoms with Gasteiger partial charge in [0, 0.05) is 17.7 Å². The van der Waals surface area contributed by atoms with Crippen molar-refractivity contribution in [1.29, 1.82) is 0 Å². The van der Waals surface area contributed by atoms with Gasteiger partial charge in [-0.3, -0.25) is 9.78 Å². The summed E-state index contributed by atoms with van der Waals surface area (Å²) < 4.78 is 5.22. The molecular weight excluding hydrogens is 240 g/mol. The average Bonchev–Trinajstić information content (AvgIpc) is 2.87. The molecule has 2 heterocycles. The van der Waals surface area contributed by atoms with Crippen LogP contribution < -0.4 is 5.73 Å². The summed E-state index contributed by atoms with van der Waals surface area (Å²) in [5.41, 5.74) is 6.90. The maximum atomic E-state index is 12.2. The number of Topliss-reactive ketones (excluding diaryl/α,β-unsaturated/α-hetero) is 1. The Morgan fingerprint density at radius 2 is 2.16 bits per heavy atom. The smallest absolute Gasteiger partial charge is 0.161 e. The second kappa shape index (κ2) is 4.72. The number of fused-ring (bicyclic) bond motifs is 1. The summed E-state index contributed by atoms with van der Waals surface area (Å²) in [4.78, 5) is 16.7. The number of aromatic nitrogens is 1. The zero-order chi connectivity index (χ0) is 13.3. The van der Waals surface area contributed by atoms with Crippen LogP contribution in [0.25, 0.3) is 10.9 Å². The number of ether oxygens (including phenoxy) is 1. The number of rotatable bonds is 3. The Labute approximate surface area is 111 Å². The van der Waals surface area contributed by atoms with E-state index in [-0.39, 0.29) is 12.2 Å². The molecule has 1 aliphatic heterocycles. The number of nitrogens with two attached hydrogens (primary N) is 1. The molecule has 0 saturated carbocycles. The Kier molecular flexibility index (Phi) is 3.05. The van der Waals surface area contributed by atoms with E-state index in [1.807, 2.05) is 36.4 Å². The molecule has 0 radical (unpaired) electrons. The molecule has 1 saturated heterocycles. The van der Waals surface area contributed by atoms with E-state index in [0.717, 1.165) is 16.6 Å². The molecule has 1 aromatic heterocycles. The number of carbonyl (C=O) groups is 1. The summed E-state index contributed by atoms with van der Waals surface area (Å²) in [6.45, 7) is 0.882. The predicted octanol–water partition coefficient (Wildman–Crippen LogP) is 1.46. The topological polar surface area (TPSA) is 65.2 Å². The highest BCUT2D eigenvalue weighted by Gasteiger charge is 2.37. The Hall–Kier alpha value is -1.78. The van der Waals surface area contributed by atoms with Crippen LogP contribution in [0.2, 0.25) is 0 Å². The quantitative estimate of drug-likeness (QED) is 0.903.